The van der Waals surface area contributed by atoms with E-state index in [1.807, 2.05) is 11.8 Å². The van der Waals surface area contributed by atoms with Crippen LogP contribution in [0.3, 0.4) is 0 Å². The fourth-order valence-electron chi connectivity index (χ4n) is 3.37. The van der Waals surface area contributed by atoms with Crippen LogP contribution in [0.25, 0.3) is 0 Å². The Balaban J connectivity index is 1.73. The van der Waals surface area contributed by atoms with Crippen molar-refractivity contribution < 1.29 is 17.9 Å². The van der Waals surface area contributed by atoms with Crippen LogP contribution in [0.4, 0.5) is 5.69 Å². The van der Waals surface area contributed by atoms with E-state index in [9.17, 15) is 13.2 Å². The van der Waals surface area contributed by atoms with Gasteiger partial charge in [-0.1, -0.05) is 25.3 Å². The summed E-state index contributed by atoms with van der Waals surface area (Å²) in [6, 6.07) is 6.93. The van der Waals surface area contributed by atoms with Crippen molar-refractivity contribution in [2.45, 2.75) is 50.2 Å². The van der Waals surface area contributed by atoms with E-state index in [2.05, 4.69) is 5.32 Å². The van der Waals surface area contributed by atoms with Gasteiger partial charge in [0.05, 0.1) is 19.1 Å². The molecular weight excluding hydrogens is 396 g/mol. The molecule has 6 nitrogen and oxygen atoms in total. The van der Waals surface area contributed by atoms with Crippen LogP contribution in [0.15, 0.2) is 24.3 Å². The van der Waals surface area contributed by atoms with E-state index in [-0.39, 0.29) is 12.5 Å². The Morgan fingerprint density at radius 1 is 1.29 bits per heavy atom. The lowest BCUT2D eigenvalue weighted by molar-refractivity contribution is -0.121. The molecule has 1 aromatic carbocycles. The number of anilines is 1. The Morgan fingerprint density at radius 2 is 2.04 bits per heavy atom. The molecule has 0 unspecified atom stereocenters. The van der Waals surface area contributed by atoms with Crippen molar-refractivity contribution in [2.75, 3.05) is 36.5 Å². The number of amides is 1. The lowest BCUT2D eigenvalue weighted by Crippen LogP contribution is -2.32. The molecule has 0 atom stereocenters. The minimum Gasteiger partial charge on any atom is -0.497 e. The molecule has 1 amide bonds. The molecule has 28 heavy (non-hydrogen) atoms. The summed E-state index contributed by atoms with van der Waals surface area (Å²) >= 11 is 1.96. The number of benzene rings is 1. The fraction of sp³-hybridized carbons (Fsp3) is 0.650. The van der Waals surface area contributed by atoms with Crippen molar-refractivity contribution in [1.82, 2.24) is 5.32 Å². The number of methoxy groups -OCH3 is 1. The third-order valence-corrected chi connectivity index (χ3v) is 7.41. The van der Waals surface area contributed by atoms with Gasteiger partial charge in [0.1, 0.15) is 5.75 Å². The molecule has 1 aromatic rings. The van der Waals surface area contributed by atoms with Crippen molar-refractivity contribution in [3.8, 4) is 5.75 Å². The Kier molecular flexibility index (Phi) is 9.44. The highest BCUT2D eigenvalue weighted by Crippen LogP contribution is 2.27. The number of rotatable bonds is 11. The van der Waals surface area contributed by atoms with Gasteiger partial charge in [-0.3, -0.25) is 9.10 Å². The molecule has 1 aliphatic carbocycles. The van der Waals surface area contributed by atoms with Crippen molar-refractivity contribution >= 4 is 33.4 Å². The van der Waals surface area contributed by atoms with Gasteiger partial charge in [0, 0.05) is 36.6 Å². The average molecular weight is 429 g/mol. The number of thioether (sulfide) groups is 1. The summed E-state index contributed by atoms with van der Waals surface area (Å²) in [6.45, 7) is 0.932. The third-order valence-electron chi connectivity index (χ3n) is 4.84. The van der Waals surface area contributed by atoms with Gasteiger partial charge >= 0.3 is 0 Å². The van der Waals surface area contributed by atoms with Gasteiger partial charge in [-0.2, -0.15) is 11.8 Å². The van der Waals surface area contributed by atoms with Gasteiger partial charge in [0.25, 0.3) is 0 Å². The van der Waals surface area contributed by atoms with Gasteiger partial charge in [-0.05, 0) is 31.4 Å². The number of nitrogens with one attached hydrogen (secondary N) is 1. The minimum absolute atomic E-state index is 0.0247. The maximum absolute atomic E-state index is 12.2. The molecule has 0 aromatic heterocycles. The van der Waals surface area contributed by atoms with Crippen molar-refractivity contribution in [2.24, 2.45) is 0 Å². The maximum Gasteiger partial charge on any atom is 0.232 e. The lowest BCUT2D eigenvalue weighted by atomic mass is 10.0. The van der Waals surface area contributed by atoms with Crippen LogP contribution in [0.2, 0.25) is 0 Å². The van der Waals surface area contributed by atoms with E-state index in [0.29, 0.717) is 30.8 Å². The first kappa shape index (κ1) is 22.9. The zero-order valence-corrected chi connectivity index (χ0v) is 18.5. The molecule has 1 fully saturated rings. The van der Waals surface area contributed by atoms with Crippen LogP contribution in [0.5, 0.6) is 5.75 Å². The van der Waals surface area contributed by atoms with E-state index in [1.165, 1.54) is 42.7 Å². The van der Waals surface area contributed by atoms with E-state index >= 15 is 0 Å². The van der Waals surface area contributed by atoms with E-state index in [4.69, 9.17) is 4.74 Å². The summed E-state index contributed by atoms with van der Waals surface area (Å²) in [5, 5.41) is 3.69. The zero-order valence-electron chi connectivity index (χ0n) is 16.9. The van der Waals surface area contributed by atoms with Gasteiger partial charge in [-0.15, -0.1) is 0 Å². The highest BCUT2D eigenvalue weighted by Gasteiger charge is 2.18. The highest BCUT2D eigenvalue weighted by molar-refractivity contribution is 7.99. The van der Waals surface area contributed by atoms with Gasteiger partial charge in [0.15, 0.2) is 0 Å². The molecule has 0 aliphatic heterocycles. The first-order valence-corrected chi connectivity index (χ1v) is 12.8. The molecule has 1 N–H and O–H groups in total. The maximum atomic E-state index is 12.2. The summed E-state index contributed by atoms with van der Waals surface area (Å²) in [4.78, 5) is 12.1. The third kappa shape index (κ3) is 7.91. The molecule has 0 spiro atoms. The standard InChI is InChI=1S/C20H32N2O4S2/c1-26-18-9-6-8-17(16-18)22(28(2,24)25)14-7-12-20(23)21-13-15-27-19-10-4-3-5-11-19/h6,8-9,16,19H,3-5,7,10-15H2,1-2H3,(H,21,23). The summed E-state index contributed by atoms with van der Waals surface area (Å²) in [5.74, 6) is 1.51. The summed E-state index contributed by atoms with van der Waals surface area (Å²) in [6.07, 6.45) is 8.55. The normalized spacial score (nSPS) is 15.2. The average Bonchev–Trinajstić information content (AvgIpc) is 2.68. The summed E-state index contributed by atoms with van der Waals surface area (Å²) < 4.78 is 30.8. The first-order valence-electron chi connectivity index (χ1n) is 9.90. The number of ether oxygens (including phenoxy) is 1. The summed E-state index contributed by atoms with van der Waals surface area (Å²) in [5.41, 5.74) is 0.547. The smallest absolute Gasteiger partial charge is 0.232 e. The first-order chi connectivity index (χ1) is 13.4. The van der Waals surface area contributed by atoms with Gasteiger partial charge in [0.2, 0.25) is 15.9 Å². The number of sulfonamides is 1. The van der Waals surface area contributed by atoms with E-state index in [0.717, 1.165) is 11.0 Å². The minimum atomic E-state index is -3.43. The molecule has 158 valence electrons. The number of hydrogen-bond acceptors (Lipinski definition) is 5. The van der Waals surface area contributed by atoms with Crippen LogP contribution >= 0.6 is 11.8 Å². The zero-order chi connectivity index (χ0) is 20.4. The fourth-order valence-corrected chi connectivity index (χ4v) is 5.55. The molecule has 2 rings (SSSR count). The van der Waals surface area contributed by atoms with Crippen molar-refractivity contribution in [1.29, 1.82) is 0 Å². The number of carbonyl (C=O) groups excluding carboxylic acids is 1. The monoisotopic (exact) mass is 428 g/mol. The van der Waals surface area contributed by atoms with Gasteiger partial charge in [-0.25, -0.2) is 8.42 Å². The Hall–Kier alpha value is -1.41. The van der Waals surface area contributed by atoms with E-state index < -0.39 is 10.0 Å². The van der Waals surface area contributed by atoms with Crippen LogP contribution in [-0.4, -0.2) is 51.8 Å². The molecule has 0 radical (unpaired) electrons. The molecule has 0 saturated heterocycles. The molecule has 1 saturated carbocycles. The second-order valence-electron chi connectivity index (χ2n) is 7.12. The van der Waals surface area contributed by atoms with Crippen LogP contribution in [0.1, 0.15) is 44.9 Å². The molecular formula is C20H32N2O4S2. The van der Waals surface area contributed by atoms with Crippen molar-refractivity contribution in [3.63, 3.8) is 0 Å². The van der Waals surface area contributed by atoms with Crippen LogP contribution < -0.4 is 14.4 Å². The van der Waals surface area contributed by atoms with Crippen LogP contribution in [-0.2, 0) is 14.8 Å². The molecule has 8 heteroatoms. The molecule has 0 heterocycles. The Morgan fingerprint density at radius 3 is 2.71 bits per heavy atom. The number of hydrogen-bond donors (Lipinski definition) is 1. The summed E-state index contributed by atoms with van der Waals surface area (Å²) in [7, 11) is -1.89. The molecule has 1 aliphatic rings. The van der Waals surface area contributed by atoms with Crippen LogP contribution in [0, 0.1) is 0 Å². The Bertz CT molecular complexity index is 719. The quantitative estimate of drug-likeness (QED) is 0.547. The topological polar surface area (TPSA) is 75.7 Å². The number of carbonyl (C=O) groups is 1. The lowest BCUT2D eigenvalue weighted by Gasteiger charge is -2.23. The second kappa shape index (κ2) is 11.6. The van der Waals surface area contributed by atoms with Gasteiger partial charge < -0.3 is 10.1 Å². The van der Waals surface area contributed by atoms with E-state index in [1.54, 1.807) is 31.4 Å². The SMILES string of the molecule is COc1cccc(N(CCCC(=O)NCCSC2CCCCC2)S(C)(=O)=O)c1. The molecule has 0 bridgehead atoms. The highest BCUT2D eigenvalue weighted by atomic mass is 32.2. The van der Waals surface area contributed by atoms with Crippen molar-refractivity contribution in [3.05, 3.63) is 24.3 Å². The Labute approximate surface area is 173 Å². The largest absolute Gasteiger partial charge is 0.497 e. The predicted octanol–water partition coefficient (Wildman–Crippen LogP) is 3.42. The second-order valence-corrected chi connectivity index (χ2v) is 10.4. The number of nitrogens with zero attached hydrogens (tertiary/aromatic N) is 1. The predicted molar refractivity (Wildman–Crippen MR) is 117 cm³/mol.